The van der Waals surface area contributed by atoms with Crippen LogP contribution in [0.5, 0.6) is 0 Å². The zero-order valence-electron chi connectivity index (χ0n) is 11.0. The molecule has 1 saturated heterocycles. The fraction of sp³-hybridized carbons (Fsp3) is 0.917. The van der Waals surface area contributed by atoms with Gasteiger partial charge in [-0.15, -0.1) is 0 Å². The number of hydrogen-bond donors (Lipinski definition) is 2. The number of rotatable bonds is 3. The maximum Gasteiger partial charge on any atom is 0.318 e. The number of carbonyl (C=O) groups is 1. The summed E-state index contributed by atoms with van der Waals surface area (Å²) in [7, 11) is 0. The largest absolute Gasteiger partial charge is 0.333 e. The molecular formula is C12H25N3O. The lowest BCUT2D eigenvalue weighted by molar-refractivity contribution is 0.170. The minimum absolute atomic E-state index is 0.0723. The molecule has 4 heteroatoms. The Morgan fingerprint density at radius 3 is 2.62 bits per heavy atom. The van der Waals surface area contributed by atoms with Crippen molar-refractivity contribution in [3.8, 4) is 0 Å². The van der Waals surface area contributed by atoms with Crippen LogP contribution in [-0.4, -0.2) is 42.1 Å². The highest BCUT2D eigenvalue weighted by Crippen LogP contribution is 2.11. The summed E-state index contributed by atoms with van der Waals surface area (Å²) in [6.07, 6.45) is 2.08. The summed E-state index contributed by atoms with van der Waals surface area (Å²) in [5, 5.41) is 6.35. The van der Waals surface area contributed by atoms with Crippen LogP contribution in [0.1, 0.15) is 40.5 Å². The van der Waals surface area contributed by atoms with Crippen LogP contribution in [0.4, 0.5) is 4.79 Å². The van der Waals surface area contributed by atoms with Gasteiger partial charge in [0.15, 0.2) is 0 Å². The smallest absolute Gasteiger partial charge is 0.318 e. The van der Waals surface area contributed by atoms with Gasteiger partial charge >= 0.3 is 6.03 Å². The maximum atomic E-state index is 12.1. The van der Waals surface area contributed by atoms with E-state index in [1.54, 1.807) is 0 Å². The quantitative estimate of drug-likeness (QED) is 0.768. The number of nitrogens with zero attached hydrogens (tertiary/aromatic N) is 1. The van der Waals surface area contributed by atoms with E-state index in [4.69, 9.17) is 0 Å². The first kappa shape index (κ1) is 13.3. The SMILES string of the molecule is CCCN(C(=O)NC(C)(C)C)C1CCNC1. The zero-order valence-corrected chi connectivity index (χ0v) is 11.0. The molecule has 1 unspecified atom stereocenters. The van der Waals surface area contributed by atoms with Crippen LogP contribution in [0.25, 0.3) is 0 Å². The number of nitrogens with one attached hydrogen (secondary N) is 2. The standard InChI is InChI=1S/C12H25N3O/c1-5-8-15(10-6-7-13-9-10)11(16)14-12(2,3)4/h10,13H,5-9H2,1-4H3,(H,14,16). The minimum Gasteiger partial charge on any atom is -0.333 e. The molecule has 1 aliphatic heterocycles. The Morgan fingerprint density at radius 2 is 2.19 bits per heavy atom. The molecule has 2 amide bonds. The van der Waals surface area contributed by atoms with Gasteiger partial charge < -0.3 is 15.5 Å². The number of carbonyl (C=O) groups excluding carboxylic acids is 1. The summed E-state index contributed by atoms with van der Waals surface area (Å²) in [4.78, 5) is 14.1. The summed E-state index contributed by atoms with van der Waals surface area (Å²) in [5.41, 5.74) is -0.158. The number of hydrogen-bond acceptors (Lipinski definition) is 2. The summed E-state index contributed by atoms with van der Waals surface area (Å²) < 4.78 is 0. The van der Waals surface area contributed by atoms with Gasteiger partial charge in [0.05, 0.1) is 0 Å². The molecule has 0 saturated carbocycles. The van der Waals surface area contributed by atoms with E-state index >= 15 is 0 Å². The van der Waals surface area contributed by atoms with Crippen molar-refractivity contribution in [2.45, 2.75) is 52.1 Å². The van der Waals surface area contributed by atoms with Crippen LogP contribution in [-0.2, 0) is 0 Å². The zero-order chi connectivity index (χ0) is 12.2. The fourth-order valence-electron chi connectivity index (χ4n) is 1.99. The Labute approximate surface area is 98.8 Å². The molecule has 0 radical (unpaired) electrons. The molecule has 0 aromatic heterocycles. The average molecular weight is 227 g/mol. The molecule has 0 bridgehead atoms. The molecule has 1 rings (SSSR count). The Morgan fingerprint density at radius 1 is 1.50 bits per heavy atom. The predicted octanol–water partition coefficient (Wildman–Crippen LogP) is 1.57. The molecular weight excluding hydrogens is 202 g/mol. The van der Waals surface area contributed by atoms with E-state index < -0.39 is 0 Å². The molecule has 0 aromatic rings. The Kier molecular flexibility index (Phi) is 4.59. The Bertz CT molecular complexity index is 229. The molecule has 16 heavy (non-hydrogen) atoms. The van der Waals surface area contributed by atoms with Crippen LogP contribution in [0.3, 0.4) is 0 Å². The molecule has 94 valence electrons. The molecule has 1 atom stereocenters. The van der Waals surface area contributed by atoms with Gasteiger partial charge in [-0.25, -0.2) is 4.79 Å². The maximum absolute atomic E-state index is 12.1. The Hall–Kier alpha value is -0.770. The molecule has 0 aliphatic carbocycles. The molecule has 2 N–H and O–H groups in total. The third kappa shape index (κ3) is 4.00. The van der Waals surface area contributed by atoms with Gasteiger partial charge in [-0.1, -0.05) is 6.92 Å². The van der Waals surface area contributed by atoms with Crippen LogP contribution in [0.15, 0.2) is 0 Å². The Balaban J connectivity index is 2.57. The van der Waals surface area contributed by atoms with Crippen molar-refractivity contribution in [2.75, 3.05) is 19.6 Å². The fourth-order valence-corrected chi connectivity index (χ4v) is 1.99. The van der Waals surface area contributed by atoms with E-state index in [1.165, 1.54) is 0 Å². The van der Waals surface area contributed by atoms with Crippen molar-refractivity contribution in [2.24, 2.45) is 0 Å². The second kappa shape index (κ2) is 5.53. The lowest BCUT2D eigenvalue weighted by Crippen LogP contribution is -2.52. The van der Waals surface area contributed by atoms with Crippen LogP contribution < -0.4 is 10.6 Å². The number of amides is 2. The van der Waals surface area contributed by atoms with E-state index in [-0.39, 0.29) is 11.6 Å². The monoisotopic (exact) mass is 227 g/mol. The topological polar surface area (TPSA) is 44.4 Å². The first-order valence-corrected chi connectivity index (χ1v) is 6.23. The third-order valence-corrected chi connectivity index (χ3v) is 2.68. The van der Waals surface area contributed by atoms with E-state index in [0.29, 0.717) is 6.04 Å². The molecule has 1 aliphatic rings. The van der Waals surface area contributed by atoms with E-state index in [1.807, 2.05) is 25.7 Å². The first-order chi connectivity index (χ1) is 7.44. The summed E-state index contributed by atoms with van der Waals surface area (Å²) in [6.45, 7) is 10.9. The second-order valence-electron chi connectivity index (χ2n) is 5.52. The van der Waals surface area contributed by atoms with Gasteiger partial charge in [-0.2, -0.15) is 0 Å². The lowest BCUT2D eigenvalue weighted by atomic mass is 10.1. The van der Waals surface area contributed by atoms with Crippen molar-refractivity contribution < 1.29 is 4.79 Å². The highest BCUT2D eigenvalue weighted by atomic mass is 16.2. The van der Waals surface area contributed by atoms with E-state index in [2.05, 4.69) is 17.6 Å². The minimum atomic E-state index is -0.158. The summed E-state index contributed by atoms with van der Waals surface area (Å²) in [5.74, 6) is 0. The average Bonchev–Trinajstić information content (AvgIpc) is 2.63. The number of urea groups is 1. The molecule has 1 heterocycles. The summed E-state index contributed by atoms with van der Waals surface area (Å²) in [6, 6.07) is 0.436. The molecule has 4 nitrogen and oxygen atoms in total. The molecule has 0 aromatic carbocycles. The third-order valence-electron chi connectivity index (χ3n) is 2.68. The highest BCUT2D eigenvalue weighted by Gasteiger charge is 2.27. The molecule has 1 fully saturated rings. The van der Waals surface area contributed by atoms with Gasteiger partial charge in [0.2, 0.25) is 0 Å². The molecule has 0 spiro atoms. The van der Waals surface area contributed by atoms with Gasteiger partial charge in [0.25, 0.3) is 0 Å². The van der Waals surface area contributed by atoms with Crippen LogP contribution >= 0.6 is 0 Å². The second-order valence-corrected chi connectivity index (χ2v) is 5.52. The van der Waals surface area contributed by atoms with Crippen molar-refractivity contribution in [3.63, 3.8) is 0 Å². The summed E-state index contributed by atoms with van der Waals surface area (Å²) >= 11 is 0. The van der Waals surface area contributed by atoms with Crippen molar-refractivity contribution in [1.29, 1.82) is 0 Å². The van der Waals surface area contributed by atoms with Crippen molar-refractivity contribution in [1.82, 2.24) is 15.5 Å². The van der Waals surface area contributed by atoms with Crippen LogP contribution in [0, 0.1) is 0 Å². The van der Waals surface area contributed by atoms with Crippen LogP contribution in [0.2, 0.25) is 0 Å². The van der Waals surface area contributed by atoms with Gasteiger partial charge in [-0.05, 0) is 40.2 Å². The highest BCUT2D eigenvalue weighted by molar-refractivity contribution is 5.75. The van der Waals surface area contributed by atoms with Gasteiger partial charge in [0.1, 0.15) is 0 Å². The first-order valence-electron chi connectivity index (χ1n) is 6.23. The van der Waals surface area contributed by atoms with Crippen molar-refractivity contribution in [3.05, 3.63) is 0 Å². The van der Waals surface area contributed by atoms with Gasteiger partial charge in [0, 0.05) is 24.7 Å². The van der Waals surface area contributed by atoms with E-state index in [0.717, 1.165) is 32.5 Å². The van der Waals surface area contributed by atoms with Gasteiger partial charge in [-0.3, -0.25) is 0 Å². The predicted molar refractivity (Wildman–Crippen MR) is 66.6 cm³/mol. The van der Waals surface area contributed by atoms with Crippen molar-refractivity contribution >= 4 is 6.03 Å². The lowest BCUT2D eigenvalue weighted by Gasteiger charge is -2.32. The normalized spacial score (nSPS) is 20.9. The van der Waals surface area contributed by atoms with E-state index in [9.17, 15) is 4.79 Å².